The second-order valence-corrected chi connectivity index (χ2v) is 8.48. The first-order valence-electron chi connectivity index (χ1n) is 8.38. The molecule has 1 N–H and O–H groups in total. The van der Waals surface area contributed by atoms with E-state index in [9.17, 15) is 9.18 Å². The van der Waals surface area contributed by atoms with Gasteiger partial charge in [0.2, 0.25) is 0 Å². The third-order valence-electron chi connectivity index (χ3n) is 4.41. The molecule has 0 saturated carbocycles. The summed E-state index contributed by atoms with van der Waals surface area (Å²) in [7, 11) is 3.91. The van der Waals surface area contributed by atoms with Gasteiger partial charge in [-0.15, -0.1) is 11.3 Å². The van der Waals surface area contributed by atoms with Gasteiger partial charge in [0.05, 0.1) is 15.6 Å². The van der Waals surface area contributed by atoms with Gasteiger partial charge in [-0.05, 0) is 23.8 Å². The largest absolute Gasteiger partial charge is 0.354 e. The fraction of sp³-hybridized carbons (Fsp3) is 0.333. The molecule has 0 bridgehead atoms. The lowest BCUT2D eigenvalue weighted by Gasteiger charge is -2.36. The summed E-state index contributed by atoms with van der Waals surface area (Å²) >= 11 is 3.01. The lowest BCUT2D eigenvalue weighted by atomic mass is 10.0. The highest BCUT2D eigenvalue weighted by atomic mass is 32.1. The van der Waals surface area contributed by atoms with Crippen LogP contribution in [0.15, 0.2) is 30.3 Å². The third kappa shape index (κ3) is 3.20. The normalized spacial score (nSPS) is 17.7. The highest BCUT2D eigenvalue weighted by molar-refractivity contribution is 7.29. The number of hydrogen-bond acceptors (Lipinski definition) is 6. The number of benzene rings is 1. The highest BCUT2D eigenvalue weighted by Gasteiger charge is 2.30. The van der Waals surface area contributed by atoms with Gasteiger partial charge in [0.1, 0.15) is 10.6 Å². The zero-order valence-corrected chi connectivity index (χ0v) is 16.2. The molecule has 0 aliphatic carbocycles. The Morgan fingerprint density at radius 2 is 2.19 bits per heavy atom. The molecule has 0 spiro atoms. The molecular formula is C18H19FN4OS2. The van der Waals surface area contributed by atoms with Gasteiger partial charge in [-0.25, -0.2) is 9.37 Å². The number of amides is 1. The minimum atomic E-state index is -0.280. The van der Waals surface area contributed by atoms with Gasteiger partial charge in [0.25, 0.3) is 5.91 Å². The van der Waals surface area contributed by atoms with E-state index in [2.05, 4.69) is 10.3 Å². The highest BCUT2D eigenvalue weighted by Crippen LogP contribution is 2.35. The number of carbonyl (C=O) groups excluding carboxylic acids is 1. The topological polar surface area (TPSA) is 48.5 Å². The van der Waals surface area contributed by atoms with Crippen molar-refractivity contribution in [2.45, 2.75) is 6.04 Å². The Balaban J connectivity index is 1.63. The first-order chi connectivity index (χ1) is 12.5. The van der Waals surface area contributed by atoms with Crippen molar-refractivity contribution in [3.8, 4) is 0 Å². The predicted molar refractivity (Wildman–Crippen MR) is 105 cm³/mol. The molecule has 5 nitrogen and oxygen atoms in total. The number of nitrogens with zero attached hydrogens (tertiary/aromatic N) is 3. The van der Waals surface area contributed by atoms with Crippen LogP contribution in [0.5, 0.6) is 0 Å². The van der Waals surface area contributed by atoms with Crippen LogP contribution in [0, 0.1) is 5.82 Å². The Hall–Kier alpha value is -2.03. The van der Waals surface area contributed by atoms with E-state index in [-0.39, 0.29) is 17.8 Å². The quantitative estimate of drug-likeness (QED) is 0.745. The monoisotopic (exact) mass is 390 g/mol. The summed E-state index contributed by atoms with van der Waals surface area (Å²) in [6, 6.07) is 8.26. The van der Waals surface area contributed by atoms with E-state index in [0.29, 0.717) is 18.0 Å². The van der Waals surface area contributed by atoms with Crippen LogP contribution in [0.25, 0.3) is 9.53 Å². The zero-order chi connectivity index (χ0) is 18.3. The van der Waals surface area contributed by atoms with E-state index in [1.807, 2.05) is 36.0 Å². The van der Waals surface area contributed by atoms with Crippen molar-refractivity contribution in [3.63, 3.8) is 0 Å². The predicted octanol–water partition coefficient (Wildman–Crippen LogP) is 3.35. The molecular weight excluding hydrogens is 371 g/mol. The van der Waals surface area contributed by atoms with Gasteiger partial charge >= 0.3 is 0 Å². The van der Waals surface area contributed by atoms with Crippen LogP contribution in [0.3, 0.4) is 0 Å². The van der Waals surface area contributed by atoms with Gasteiger partial charge < -0.3 is 15.1 Å². The molecule has 1 aromatic carbocycles. The Labute approximate surface area is 159 Å². The van der Waals surface area contributed by atoms with Crippen LogP contribution >= 0.6 is 22.7 Å². The molecule has 1 saturated heterocycles. The maximum Gasteiger partial charge on any atom is 0.264 e. The van der Waals surface area contributed by atoms with Crippen molar-refractivity contribution in [2.24, 2.45) is 0 Å². The number of piperazine rings is 1. The molecule has 1 amide bonds. The lowest BCUT2D eigenvalue weighted by molar-refractivity contribution is 0.0639. The van der Waals surface area contributed by atoms with E-state index >= 15 is 0 Å². The first-order valence-corrected chi connectivity index (χ1v) is 10.0. The summed E-state index contributed by atoms with van der Waals surface area (Å²) in [5, 5.41) is 4.24. The van der Waals surface area contributed by atoms with E-state index in [1.165, 1.54) is 23.5 Å². The Kier molecular flexibility index (Phi) is 4.64. The van der Waals surface area contributed by atoms with Crippen LogP contribution < -0.4 is 10.2 Å². The lowest BCUT2D eigenvalue weighted by Crippen LogP contribution is -2.48. The fourth-order valence-electron chi connectivity index (χ4n) is 3.12. The van der Waals surface area contributed by atoms with Crippen molar-refractivity contribution in [2.75, 3.05) is 38.6 Å². The summed E-state index contributed by atoms with van der Waals surface area (Å²) in [5.74, 6) is -0.292. The number of anilines is 1. The second-order valence-electron chi connectivity index (χ2n) is 6.44. The summed E-state index contributed by atoms with van der Waals surface area (Å²) in [4.78, 5) is 23.1. The van der Waals surface area contributed by atoms with Crippen molar-refractivity contribution >= 4 is 43.2 Å². The van der Waals surface area contributed by atoms with Crippen LogP contribution in [0.4, 0.5) is 9.52 Å². The van der Waals surface area contributed by atoms with Gasteiger partial charge in [0.15, 0.2) is 5.13 Å². The summed E-state index contributed by atoms with van der Waals surface area (Å²) in [5.41, 5.74) is 0.817. The van der Waals surface area contributed by atoms with Crippen molar-refractivity contribution in [3.05, 3.63) is 46.6 Å². The van der Waals surface area contributed by atoms with Crippen molar-refractivity contribution in [1.29, 1.82) is 0 Å². The number of thiophene rings is 1. The second kappa shape index (κ2) is 6.94. The number of carbonyl (C=O) groups is 1. The molecule has 8 heteroatoms. The van der Waals surface area contributed by atoms with Crippen LogP contribution in [0.1, 0.15) is 21.3 Å². The number of aromatic nitrogens is 1. The van der Waals surface area contributed by atoms with Crippen LogP contribution in [0.2, 0.25) is 0 Å². The van der Waals surface area contributed by atoms with E-state index in [4.69, 9.17) is 0 Å². The molecule has 1 unspecified atom stereocenters. The Bertz CT molecular complexity index is 920. The molecule has 1 aliphatic heterocycles. The van der Waals surface area contributed by atoms with E-state index in [1.54, 1.807) is 17.4 Å². The van der Waals surface area contributed by atoms with E-state index < -0.39 is 0 Å². The molecule has 1 fully saturated rings. The minimum absolute atomic E-state index is 0.0117. The average molecular weight is 391 g/mol. The Morgan fingerprint density at radius 3 is 2.92 bits per heavy atom. The first kappa shape index (κ1) is 17.4. The smallest absolute Gasteiger partial charge is 0.264 e. The Morgan fingerprint density at radius 1 is 1.35 bits per heavy atom. The number of halogens is 1. The number of fused-ring (bicyclic) bond motifs is 1. The van der Waals surface area contributed by atoms with Gasteiger partial charge in [-0.3, -0.25) is 4.79 Å². The molecule has 0 radical (unpaired) electrons. The number of nitrogens with one attached hydrogen (secondary N) is 1. The third-order valence-corrected chi connectivity index (χ3v) is 6.73. The number of hydrogen-bond donors (Lipinski definition) is 1. The maximum absolute atomic E-state index is 13.6. The maximum atomic E-state index is 13.6. The van der Waals surface area contributed by atoms with Crippen molar-refractivity contribution < 1.29 is 9.18 Å². The summed E-state index contributed by atoms with van der Waals surface area (Å²) in [6.45, 7) is 1.96. The molecule has 4 rings (SSSR count). The molecule has 26 heavy (non-hydrogen) atoms. The van der Waals surface area contributed by atoms with Crippen LogP contribution in [-0.2, 0) is 0 Å². The van der Waals surface area contributed by atoms with Crippen LogP contribution in [-0.4, -0.2) is 49.5 Å². The molecule has 2 aromatic heterocycles. The SMILES string of the molecule is CN(C)c1nc2sc(C(=O)N3CCNCC3c3cccc(F)c3)cc2s1. The van der Waals surface area contributed by atoms with Gasteiger partial charge in [-0.1, -0.05) is 23.5 Å². The zero-order valence-electron chi connectivity index (χ0n) is 14.5. The standard InChI is InChI=1S/C18H19FN4OS2/c1-22(2)18-21-16-14(26-18)9-15(25-16)17(24)23-7-6-20-10-13(23)11-4-3-5-12(19)8-11/h3-5,8-9,13,20H,6-7,10H2,1-2H3. The summed E-state index contributed by atoms with van der Waals surface area (Å²) in [6.07, 6.45) is 0. The molecule has 3 aromatic rings. The summed E-state index contributed by atoms with van der Waals surface area (Å²) < 4.78 is 14.7. The van der Waals surface area contributed by atoms with E-state index in [0.717, 1.165) is 26.8 Å². The number of rotatable bonds is 3. The number of thiazole rings is 1. The fourth-order valence-corrected chi connectivity index (χ4v) is 5.21. The molecule has 1 atom stereocenters. The molecule has 136 valence electrons. The minimum Gasteiger partial charge on any atom is -0.354 e. The van der Waals surface area contributed by atoms with Gasteiger partial charge in [0, 0.05) is 33.7 Å². The molecule has 1 aliphatic rings. The van der Waals surface area contributed by atoms with Gasteiger partial charge in [-0.2, -0.15) is 0 Å². The average Bonchev–Trinajstić information content (AvgIpc) is 3.20. The van der Waals surface area contributed by atoms with Crippen molar-refractivity contribution in [1.82, 2.24) is 15.2 Å². The molecule has 3 heterocycles.